The summed E-state index contributed by atoms with van der Waals surface area (Å²) in [6.45, 7) is 0. The maximum atomic E-state index is 12.3. The van der Waals surface area contributed by atoms with E-state index in [1.807, 2.05) is 42.5 Å². The highest BCUT2D eigenvalue weighted by Gasteiger charge is 2.32. The number of sulfone groups is 1. The van der Waals surface area contributed by atoms with E-state index in [-0.39, 0.29) is 17.4 Å². The molecule has 1 aliphatic rings. The molecule has 7 heteroatoms. The molecule has 2 heterocycles. The summed E-state index contributed by atoms with van der Waals surface area (Å²) in [4.78, 5) is 16.9. The number of carbonyl (C=O) groups excluding carboxylic acids is 1. The van der Waals surface area contributed by atoms with Crippen LogP contribution in [-0.2, 0) is 14.6 Å². The highest BCUT2D eigenvalue weighted by molar-refractivity contribution is 7.91. The van der Waals surface area contributed by atoms with Crippen LogP contribution in [0.1, 0.15) is 6.42 Å². The minimum absolute atomic E-state index is 0.0591. The van der Waals surface area contributed by atoms with Gasteiger partial charge in [-0.2, -0.15) is 0 Å². The van der Waals surface area contributed by atoms with Gasteiger partial charge in [0.1, 0.15) is 5.01 Å². The largest absolute Gasteiger partial charge is 0.326 e. The van der Waals surface area contributed by atoms with Crippen molar-refractivity contribution in [2.24, 2.45) is 5.92 Å². The molecule has 1 unspecified atom stereocenters. The summed E-state index contributed by atoms with van der Waals surface area (Å²) in [5, 5.41) is 3.73. The number of para-hydroxylation sites is 1. The summed E-state index contributed by atoms with van der Waals surface area (Å²) in [7, 11) is -3.07. The smallest absolute Gasteiger partial charge is 0.228 e. The molecule has 1 amide bonds. The zero-order valence-electron chi connectivity index (χ0n) is 13.3. The lowest BCUT2D eigenvalue weighted by atomic mass is 10.1. The van der Waals surface area contributed by atoms with Crippen molar-refractivity contribution < 1.29 is 13.2 Å². The van der Waals surface area contributed by atoms with Crippen LogP contribution in [-0.4, -0.2) is 30.8 Å². The molecule has 128 valence electrons. The fourth-order valence-corrected chi connectivity index (χ4v) is 5.68. The van der Waals surface area contributed by atoms with Crippen LogP contribution < -0.4 is 5.32 Å². The summed E-state index contributed by atoms with van der Waals surface area (Å²) in [6.07, 6.45) is 0.395. The second-order valence-electron chi connectivity index (χ2n) is 6.16. The Morgan fingerprint density at radius 3 is 2.76 bits per heavy atom. The fourth-order valence-electron chi connectivity index (χ4n) is 2.97. The molecule has 5 nitrogen and oxygen atoms in total. The number of hydrogen-bond donors (Lipinski definition) is 1. The van der Waals surface area contributed by atoms with Crippen LogP contribution in [0, 0.1) is 5.92 Å². The number of fused-ring (bicyclic) bond motifs is 1. The molecule has 0 radical (unpaired) electrons. The first-order valence-corrected chi connectivity index (χ1v) is 10.6. The summed E-state index contributed by atoms with van der Waals surface area (Å²) in [6, 6.07) is 15.4. The molecule has 1 atom stereocenters. The predicted octanol–water partition coefficient (Wildman–Crippen LogP) is 3.34. The fraction of sp³-hybridized carbons (Fsp3) is 0.222. The van der Waals surface area contributed by atoms with Crippen molar-refractivity contribution in [3.8, 4) is 10.6 Å². The van der Waals surface area contributed by atoms with E-state index in [1.54, 1.807) is 17.4 Å². The molecule has 25 heavy (non-hydrogen) atoms. The van der Waals surface area contributed by atoms with Gasteiger partial charge in [0.2, 0.25) is 5.91 Å². The molecule has 4 rings (SSSR count). The summed E-state index contributed by atoms with van der Waals surface area (Å²) < 4.78 is 24.2. The Hall–Kier alpha value is -2.25. The van der Waals surface area contributed by atoms with Gasteiger partial charge < -0.3 is 5.32 Å². The highest BCUT2D eigenvalue weighted by atomic mass is 32.2. The minimum atomic E-state index is -3.07. The molecule has 2 aromatic carbocycles. The van der Waals surface area contributed by atoms with Gasteiger partial charge >= 0.3 is 0 Å². The second kappa shape index (κ2) is 6.24. The number of aromatic nitrogens is 1. The number of rotatable bonds is 3. The van der Waals surface area contributed by atoms with Crippen LogP contribution in [0.4, 0.5) is 5.69 Å². The number of nitrogens with zero attached hydrogens (tertiary/aromatic N) is 1. The number of benzene rings is 2. The number of hydrogen-bond acceptors (Lipinski definition) is 5. The van der Waals surface area contributed by atoms with Crippen molar-refractivity contribution in [2.75, 3.05) is 16.8 Å². The Bertz CT molecular complexity index is 1020. The molecule has 1 aliphatic heterocycles. The van der Waals surface area contributed by atoms with Crippen LogP contribution in [0.25, 0.3) is 20.8 Å². The third kappa shape index (κ3) is 3.43. The van der Waals surface area contributed by atoms with E-state index < -0.39 is 15.8 Å². The van der Waals surface area contributed by atoms with Gasteiger partial charge in [-0.15, -0.1) is 11.3 Å². The van der Waals surface area contributed by atoms with Crippen molar-refractivity contribution >= 4 is 43.0 Å². The van der Waals surface area contributed by atoms with E-state index in [9.17, 15) is 13.2 Å². The molecule has 0 saturated carbocycles. The van der Waals surface area contributed by atoms with E-state index in [4.69, 9.17) is 0 Å². The van der Waals surface area contributed by atoms with Gasteiger partial charge in [0.25, 0.3) is 0 Å². The Morgan fingerprint density at radius 2 is 2.00 bits per heavy atom. The van der Waals surface area contributed by atoms with Crippen LogP contribution in [0.2, 0.25) is 0 Å². The SMILES string of the molecule is O=C(Nc1cccc(-c2nc3ccccc3s2)c1)C1CCS(=O)(=O)C1. The number of anilines is 1. The first-order chi connectivity index (χ1) is 12.0. The van der Waals surface area contributed by atoms with E-state index in [0.717, 1.165) is 20.8 Å². The number of thiazole rings is 1. The molecule has 1 saturated heterocycles. The lowest BCUT2D eigenvalue weighted by molar-refractivity contribution is -0.119. The number of nitrogens with one attached hydrogen (secondary N) is 1. The molecule has 1 N–H and O–H groups in total. The molecule has 0 spiro atoms. The summed E-state index contributed by atoms with van der Waals surface area (Å²) in [5.41, 5.74) is 2.54. The Kier molecular flexibility index (Phi) is 4.05. The van der Waals surface area contributed by atoms with Gasteiger partial charge in [-0.25, -0.2) is 13.4 Å². The van der Waals surface area contributed by atoms with Gasteiger partial charge in [0.15, 0.2) is 9.84 Å². The zero-order chi connectivity index (χ0) is 17.4. The average molecular weight is 372 g/mol. The van der Waals surface area contributed by atoms with Crippen molar-refractivity contribution in [1.82, 2.24) is 4.98 Å². The van der Waals surface area contributed by atoms with Crippen molar-refractivity contribution in [3.05, 3.63) is 48.5 Å². The van der Waals surface area contributed by atoms with Gasteiger partial charge in [0, 0.05) is 11.3 Å². The molecule has 3 aromatic rings. The summed E-state index contributed by atoms with van der Waals surface area (Å²) in [5.74, 6) is -0.661. The van der Waals surface area contributed by atoms with Gasteiger partial charge in [-0.1, -0.05) is 24.3 Å². The lowest BCUT2D eigenvalue weighted by Gasteiger charge is -2.10. The quantitative estimate of drug-likeness (QED) is 0.765. The topological polar surface area (TPSA) is 76.1 Å². The third-order valence-corrected chi connectivity index (χ3v) is 7.13. The number of carbonyl (C=O) groups is 1. The standard InChI is InChI=1S/C18H16N2O3S2/c21-17(13-8-9-25(22,23)11-13)19-14-5-3-4-12(10-14)18-20-15-6-1-2-7-16(15)24-18/h1-7,10,13H,8-9,11H2,(H,19,21). The Labute approximate surface area is 149 Å². The Balaban J connectivity index is 1.56. The van der Waals surface area contributed by atoms with Gasteiger partial charge in [0.05, 0.1) is 27.6 Å². The van der Waals surface area contributed by atoms with Crippen molar-refractivity contribution in [3.63, 3.8) is 0 Å². The van der Waals surface area contributed by atoms with Gasteiger partial charge in [-0.3, -0.25) is 4.79 Å². The van der Waals surface area contributed by atoms with Crippen LogP contribution in [0.3, 0.4) is 0 Å². The van der Waals surface area contributed by atoms with Gasteiger partial charge in [-0.05, 0) is 30.7 Å². The summed E-state index contributed by atoms with van der Waals surface area (Å²) >= 11 is 1.60. The highest BCUT2D eigenvalue weighted by Crippen LogP contribution is 2.31. The molecular formula is C18H16N2O3S2. The average Bonchev–Trinajstić information content (AvgIpc) is 3.18. The van der Waals surface area contributed by atoms with Crippen LogP contribution in [0.15, 0.2) is 48.5 Å². The van der Waals surface area contributed by atoms with E-state index in [1.165, 1.54) is 0 Å². The van der Waals surface area contributed by atoms with Crippen molar-refractivity contribution in [2.45, 2.75) is 6.42 Å². The maximum absolute atomic E-state index is 12.3. The Morgan fingerprint density at radius 1 is 1.16 bits per heavy atom. The van der Waals surface area contributed by atoms with E-state index in [2.05, 4.69) is 10.3 Å². The second-order valence-corrected chi connectivity index (χ2v) is 9.42. The minimum Gasteiger partial charge on any atom is -0.326 e. The van der Waals surface area contributed by atoms with Crippen LogP contribution in [0.5, 0.6) is 0 Å². The predicted molar refractivity (Wildman–Crippen MR) is 100 cm³/mol. The first-order valence-electron chi connectivity index (χ1n) is 7.97. The van der Waals surface area contributed by atoms with E-state index in [0.29, 0.717) is 12.1 Å². The van der Waals surface area contributed by atoms with Crippen LogP contribution >= 0.6 is 11.3 Å². The maximum Gasteiger partial charge on any atom is 0.228 e. The molecule has 1 fully saturated rings. The first kappa shape index (κ1) is 16.2. The van der Waals surface area contributed by atoms with Crippen molar-refractivity contribution in [1.29, 1.82) is 0 Å². The monoisotopic (exact) mass is 372 g/mol. The zero-order valence-corrected chi connectivity index (χ0v) is 14.9. The third-order valence-electron chi connectivity index (χ3n) is 4.27. The molecule has 1 aromatic heterocycles. The van der Waals surface area contributed by atoms with E-state index >= 15 is 0 Å². The molecular weight excluding hydrogens is 356 g/mol. The molecule has 0 bridgehead atoms. The normalized spacial score (nSPS) is 19.1. The lowest BCUT2D eigenvalue weighted by Crippen LogP contribution is -2.23. The molecule has 0 aliphatic carbocycles. The number of amides is 1.